The zero-order valence-electron chi connectivity index (χ0n) is 26.3. The lowest BCUT2D eigenvalue weighted by molar-refractivity contribution is -0.385. The van der Waals surface area contributed by atoms with Gasteiger partial charge in [0.05, 0.1) is 29.7 Å². The Bertz CT molecular complexity index is 1590. The van der Waals surface area contributed by atoms with Crippen molar-refractivity contribution in [3.05, 3.63) is 88.0 Å². The quantitative estimate of drug-likeness (QED) is 0.186. The third kappa shape index (κ3) is 8.72. The number of sulfonamides is 1. The van der Waals surface area contributed by atoms with Crippen LogP contribution in [0.5, 0.6) is 11.5 Å². The molecule has 0 radical (unpaired) electrons. The minimum absolute atomic E-state index is 0.0168. The molecular formula is C32H40N4O8S. The molecule has 1 atom stereocenters. The number of rotatable bonds is 15. The van der Waals surface area contributed by atoms with Crippen LogP contribution in [0.15, 0.2) is 71.6 Å². The van der Waals surface area contributed by atoms with Gasteiger partial charge in [0.1, 0.15) is 24.1 Å². The van der Waals surface area contributed by atoms with Crippen LogP contribution in [0.1, 0.15) is 38.3 Å². The maximum absolute atomic E-state index is 14.2. The van der Waals surface area contributed by atoms with E-state index in [2.05, 4.69) is 5.32 Å². The van der Waals surface area contributed by atoms with Crippen LogP contribution < -0.4 is 19.1 Å². The Morgan fingerprint density at radius 2 is 1.53 bits per heavy atom. The molecule has 0 bridgehead atoms. The fraction of sp³-hybridized carbons (Fsp3) is 0.375. The Kier molecular flexibility index (Phi) is 11.9. The van der Waals surface area contributed by atoms with Gasteiger partial charge in [0, 0.05) is 24.7 Å². The number of benzene rings is 3. The highest BCUT2D eigenvalue weighted by Crippen LogP contribution is 2.29. The summed E-state index contributed by atoms with van der Waals surface area (Å²) >= 11 is 0. The number of methoxy groups -OCH3 is 2. The molecule has 0 aliphatic rings. The fourth-order valence-electron chi connectivity index (χ4n) is 4.62. The van der Waals surface area contributed by atoms with Gasteiger partial charge in [-0.1, -0.05) is 39.0 Å². The van der Waals surface area contributed by atoms with Gasteiger partial charge in [-0.15, -0.1) is 0 Å². The monoisotopic (exact) mass is 640 g/mol. The zero-order valence-corrected chi connectivity index (χ0v) is 27.2. The molecule has 0 heterocycles. The summed E-state index contributed by atoms with van der Waals surface area (Å²) in [6.07, 6.45) is 0.269. The van der Waals surface area contributed by atoms with Gasteiger partial charge in [0.25, 0.3) is 15.7 Å². The minimum Gasteiger partial charge on any atom is -0.497 e. The smallest absolute Gasteiger partial charge is 0.273 e. The zero-order chi connectivity index (χ0) is 33.3. The molecule has 1 unspecified atom stereocenters. The summed E-state index contributed by atoms with van der Waals surface area (Å²) in [5.41, 5.74) is 0.752. The molecular weight excluding hydrogens is 600 g/mol. The van der Waals surface area contributed by atoms with Crippen molar-refractivity contribution in [1.29, 1.82) is 0 Å². The van der Waals surface area contributed by atoms with Gasteiger partial charge < -0.3 is 19.7 Å². The van der Waals surface area contributed by atoms with Crippen LogP contribution in [0.2, 0.25) is 0 Å². The molecule has 3 aromatic carbocycles. The van der Waals surface area contributed by atoms with E-state index in [1.165, 1.54) is 50.3 Å². The molecule has 3 rings (SSSR count). The molecule has 0 saturated carbocycles. The average molecular weight is 641 g/mol. The number of carbonyl (C=O) groups excluding carboxylic acids is 2. The van der Waals surface area contributed by atoms with Crippen molar-refractivity contribution in [2.24, 2.45) is 5.92 Å². The average Bonchev–Trinajstić information content (AvgIpc) is 3.02. The van der Waals surface area contributed by atoms with Crippen LogP contribution in [-0.4, -0.2) is 63.4 Å². The van der Waals surface area contributed by atoms with E-state index < -0.39 is 33.4 Å². The first-order chi connectivity index (χ1) is 21.3. The first-order valence-corrected chi connectivity index (χ1v) is 15.9. The number of carbonyl (C=O) groups is 2. The largest absolute Gasteiger partial charge is 0.497 e. The minimum atomic E-state index is -4.51. The highest BCUT2D eigenvalue weighted by molar-refractivity contribution is 7.92. The number of nitro groups is 1. The molecule has 242 valence electrons. The molecule has 45 heavy (non-hydrogen) atoms. The summed E-state index contributed by atoms with van der Waals surface area (Å²) < 4.78 is 39.6. The summed E-state index contributed by atoms with van der Waals surface area (Å²) in [6.45, 7) is 6.92. The Labute approximate surface area is 264 Å². The first-order valence-electron chi connectivity index (χ1n) is 14.4. The van der Waals surface area contributed by atoms with Gasteiger partial charge >= 0.3 is 0 Å². The normalized spacial score (nSPS) is 11.9. The second-order valence-corrected chi connectivity index (χ2v) is 12.7. The van der Waals surface area contributed by atoms with Gasteiger partial charge in [-0.3, -0.25) is 24.0 Å². The standard InChI is InChI=1S/C32H40N4O8S/c1-7-29(32(38)33-19-22(2)3)34(20-24-9-13-26(43-5)14-10-24)31(37)21-35(25-11-15-27(44-6)16-12-25)45(41,42)28-17-8-23(4)30(18-28)36(39)40/h8-18,22,29H,7,19-21H2,1-6H3,(H,33,38). The summed E-state index contributed by atoms with van der Waals surface area (Å²) in [4.78, 5) is 39.6. The summed E-state index contributed by atoms with van der Waals surface area (Å²) in [5, 5.41) is 14.5. The van der Waals surface area contributed by atoms with Gasteiger partial charge in [-0.05, 0) is 67.3 Å². The van der Waals surface area contributed by atoms with E-state index in [9.17, 15) is 28.1 Å². The molecule has 0 fully saturated rings. The van der Waals surface area contributed by atoms with Crippen LogP contribution in [0, 0.1) is 23.0 Å². The summed E-state index contributed by atoms with van der Waals surface area (Å²) in [5.74, 6) is 0.246. The van der Waals surface area contributed by atoms with Crippen molar-refractivity contribution in [2.45, 2.75) is 51.6 Å². The molecule has 0 aromatic heterocycles. The number of ether oxygens (including phenoxy) is 2. The van der Waals surface area contributed by atoms with Crippen molar-refractivity contribution in [3.8, 4) is 11.5 Å². The van der Waals surface area contributed by atoms with E-state index in [1.54, 1.807) is 43.3 Å². The Morgan fingerprint density at radius 3 is 2.04 bits per heavy atom. The topological polar surface area (TPSA) is 148 Å². The van der Waals surface area contributed by atoms with E-state index in [1.807, 2.05) is 13.8 Å². The number of hydrogen-bond acceptors (Lipinski definition) is 8. The highest BCUT2D eigenvalue weighted by atomic mass is 32.2. The SMILES string of the molecule is CCC(C(=O)NCC(C)C)N(Cc1ccc(OC)cc1)C(=O)CN(c1ccc(OC)cc1)S(=O)(=O)c1ccc(C)c([N+](=O)[O-])c1. The lowest BCUT2D eigenvalue weighted by Crippen LogP contribution is -2.52. The third-order valence-electron chi connectivity index (χ3n) is 7.19. The highest BCUT2D eigenvalue weighted by Gasteiger charge is 2.34. The van der Waals surface area contributed by atoms with Gasteiger partial charge in [-0.2, -0.15) is 0 Å². The summed E-state index contributed by atoms with van der Waals surface area (Å²) in [7, 11) is -1.51. The van der Waals surface area contributed by atoms with Crippen molar-refractivity contribution < 1.29 is 32.4 Å². The number of nitrogens with one attached hydrogen (secondary N) is 1. The Morgan fingerprint density at radius 1 is 0.956 bits per heavy atom. The van der Waals surface area contributed by atoms with Crippen molar-refractivity contribution in [3.63, 3.8) is 0 Å². The second-order valence-electron chi connectivity index (χ2n) is 10.8. The van der Waals surface area contributed by atoms with E-state index in [0.717, 1.165) is 10.4 Å². The fourth-order valence-corrected chi connectivity index (χ4v) is 6.06. The van der Waals surface area contributed by atoms with E-state index in [0.29, 0.717) is 23.6 Å². The predicted octanol–water partition coefficient (Wildman–Crippen LogP) is 4.70. The maximum Gasteiger partial charge on any atom is 0.273 e. The number of nitrogens with zero attached hydrogens (tertiary/aromatic N) is 3. The number of nitro benzene ring substituents is 1. The van der Waals surface area contributed by atoms with Gasteiger partial charge in [0.2, 0.25) is 11.8 Å². The molecule has 0 spiro atoms. The lowest BCUT2D eigenvalue weighted by atomic mass is 10.1. The van der Waals surface area contributed by atoms with Crippen LogP contribution >= 0.6 is 0 Å². The molecule has 0 saturated heterocycles. The number of anilines is 1. The van der Waals surface area contributed by atoms with Gasteiger partial charge in [-0.25, -0.2) is 8.42 Å². The van der Waals surface area contributed by atoms with E-state index in [-0.39, 0.29) is 46.6 Å². The van der Waals surface area contributed by atoms with E-state index in [4.69, 9.17) is 9.47 Å². The van der Waals surface area contributed by atoms with Crippen molar-refractivity contribution in [2.75, 3.05) is 31.6 Å². The molecule has 0 aliphatic carbocycles. The maximum atomic E-state index is 14.2. The Hall–Kier alpha value is -4.65. The second kappa shape index (κ2) is 15.4. The summed E-state index contributed by atoms with van der Waals surface area (Å²) in [6, 6.07) is 15.7. The van der Waals surface area contributed by atoms with Crippen molar-refractivity contribution in [1.82, 2.24) is 10.2 Å². The van der Waals surface area contributed by atoms with Crippen molar-refractivity contribution >= 4 is 33.2 Å². The number of aryl methyl sites for hydroxylation is 1. The third-order valence-corrected chi connectivity index (χ3v) is 8.96. The molecule has 1 N–H and O–H groups in total. The van der Waals surface area contributed by atoms with Crippen LogP contribution in [0.3, 0.4) is 0 Å². The van der Waals surface area contributed by atoms with Gasteiger partial charge in [0.15, 0.2) is 0 Å². The number of amides is 2. The van der Waals surface area contributed by atoms with Crippen LogP contribution in [0.25, 0.3) is 0 Å². The Balaban J connectivity index is 2.10. The van der Waals surface area contributed by atoms with Crippen LogP contribution in [0.4, 0.5) is 11.4 Å². The molecule has 2 amide bonds. The first kappa shape index (κ1) is 34.8. The number of hydrogen-bond donors (Lipinski definition) is 1. The van der Waals surface area contributed by atoms with E-state index >= 15 is 0 Å². The van der Waals surface area contributed by atoms with Crippen LogP contribution in [-0.2, 0) is 26.2 Å². The lowest BCUT2D eigenvalue weighted by Gasteiger charge is -2.33. The molecule has 0 aliphatic heterocycles. The molecule has 13 heteroatoms. The predicted molar refractivity (Wildman–Crippen MR) is 171 cm³/mol. The molecule has 3 aromatic rings. The molecule has 12 nitrogen and oxygen atoms in total.